The Morgan fingerprint density at radius 3 is 1.84 bits per heavy atom. The highest BCUT2D eigenvalue weighted by molar-refractivity contribution is 9.10. The van der Waals surface area contributed by atoms with Crippen molar-refractivity contribution >= 4 is 50.9 Å². The number of hydrogen-bond donors (Lipinski definition) is 1. The van der Waals surface area contributed by atoms with Gasteiger partial charge in [0.05, 0.1) is 22.9 Å². The number of anilines is 1. The van der Waals surface area contributed by atoms with E-state index in [0.29, 0.717) is 12.2 Å². The summed E-state index contributed by atoms with van der Waals surface area (Å²) in [5.41, 5.74) is -0.101. The van der Waals surface area contributed by atoms with Crippen molar-refractivity contribution in [1.29, 1.82) is 0 Å². The molecule has 0 spiro atoms. The molecule has 0 radical (unpaired) electrons. The highest BCUT2D eigenvalue weighted by Gasteiger charge is 2.33. The van der Waals surface area contributed by atoms with Crippen molar-refractivity contribution in [2.24, 2.45) is 5.41 Å². The van der Waals surface area contributed by atoms with Crippen LogP contribution >= 0.6 is 27.5 Å². The second-order valence-electron chi connectivity index (χ2n) is 10.9. The predicted molar refractivity (Wildman–Crippen MR) is 158 cm³/mol. The van der Waals surface area contributed by atoms with E-state index in [1.54, 1.807) is 26.8 Å². The third-order valence-electron chi connectivity index (χ3n) is 6.39. The molecule has 1 aromatic carbocycles. The zero-order valence-electron chi connectivity index (χ0n) is 23.3. The highest BCUT2D eigenvalue weighted by atomic mass is 79.9. The van der Waals surface area contributed by atoms with Crippen LogP contribution in [0.2, 0.25) is 5.02 Å². The molecule has 0 aliphatic rings. The van der Waals surface area contributed by atoms with Gasteiger partial charge in [0.25, 0.3) is 0 Å². The Labute approximate surface area is 238 Å². The molecule has 0 fully saturated rings. The maximum atomic E-state index is 12.5. The number of ether oxygens (including phenoxy) is 1. The molecule has 0 saturated heterocycles. The summed E-state index contributed by atoms with van der Waals surface area (Å²) in [6.45, 7) is 7.87. The van der Waals surface area contributed by atoms with Crippen molar-refractivity contribution in [3.05, 3.63) is 28.8 Å². The monoisotopic (exact) mass is 599 g/mol. The minimum atomic E-state index is -1.01. The van der Waals surface area contributed by atoms with Gasteiger partial charge in [-0.05, 0) is 24.6 Å². The summed E-state index contributed by atoms with van der Waals surface area (Å²) in [6, 6.07) is 4.58. The van der Waals surface area contributed by atoms with Gasteiger partial charge in [0.15, 0.2) is 10.6 Å². The van der Waals surface area contributed by atoms with E-state index in [0.717, 1.165) is 19.3 Å². The lowest BCUT2D eigenvalue weighted by Gasteiger charge is -2.20. The lowest BCUT2D eigenvalue weighted by molar-refractivity contribution is -0.129. The van der Waals surface area contributed by atoms with Gasteiger partial charge < -0.3 is 10.1 Å². The number of nitrogens with one attached hydrogen (secondary N) is 1. The molecule has 0 bridgehead atoms. The van der Waals surface area contributed by atoms with Crippen molar-refractivity contribution in [2.45, 2.75) is 122 Å². The number of halogens is 2. The number of rotatable bonds is 19. The zero-order chi connectivity index (χ0) is 27.7. The molecule has 1 N–H and O–H groups in total. The van der Waals surface area contributed by atoms with Crippen LogP contribution in [0.15, 0.2) is 18.2 Å². The number of benzene rings is 1. The minimum absolute atomic E-state index is 0.246. The third kappa shape index (κ3) is 14.4. The third-order valence-corrected chi connectivity index (χ3v) is 7.55. The van der Waals surface area contributed by atoms with Crippen molar-refractivity contribution in [3.8, 4) is 0 Å². The van der Waals surface area contributed by atoms with E-state index < -0.39 is 22.1 Å². The largest absolute Gasteiger partial charge is 0.462 e. The Morgan fingerprint density at radius 1 is 0.865 bits per heavy atom. The van der Waals surface area contributed by atoms with Crippen LogP contribution < -0.4 is 5.32 Å². The molecular formula is C30H47BrClNO4. The number of Topliss-reactive ketones (excluding diaryl/α,β-unsaturated/α-hetero) is 1. The molecule has 0 aliphatic carbocycles. The van der Waals surface area contributed by atoms with Crippen LogP contribution in [0.5, 0.6) is 0 Å². The first-order valence-electron chi connectivity index (χ1n) is 14.0. The molecule has 5 nitrogen and oxygen atoms in total. The average Bonchev–Trinajstić information content (AvgIpc) is 2.85. The molecule has 1 amide bonds. The van der Waals surface area contributed by atoms with Crippen LogP contribution in [0.1, 0.15) is 128 Å². The lowest BCUT2D eigenvalue weighted by atomic mass is 9.89. The molecular weight excluding hydrogens is 554 g/mol. The molecule has 0 heterocycles. The van der Waals surface area contributed by atoms with Gasteiger partial charge in [-0.25, -0.2) is 4.79 Å². The van der Waals surface area contributed by atoms with Gasteiger partial charge in [0.1, 0.15) is 0 Å². The van der Waals surface area contributed by atoms with Crippen molar-refractivity contribution in [3.63, 3.8) is 0 Å². The molecule has 1 rings (SSSR count). The number of amides is 1. The highest BCUT2D eigenvalue weighted by Crippen LogP contribution is 2.26. The maximum absolute atomic E-state index is 12.5. The Morgan fingerprint density at radius 2 is 1.35 bits per heavy atom. The summed E-state index contributed by atoms with van der Waals surface area (Å²) in [5, 5.41) is 2.91. The van der Waals surface area contributed by atoms with E-state index in [4.69, 9.17) is 16.3 Å². The number of hydrogen-bond acceptors (Lipinski definition) is 4. The molecule has 1 aromatic rings. The molecule has 7 heteroatoms. The average molecular weight is 601 g/mol. The fourth-order valence-corrected chi connectivity index (χ4v) is 4.95. The summed E-state index contributed by atoms with van der Waals surface area (Å²) in [7, 11) is 0. The van der Waals surface area contributed by atoms with Gasteiger partial charge >= 0.3 is 5.97 Å². The van der Waals surface area contributed by atoms with Gasteiger partial charge in [-0.15, -0.1) is 0 Å². The molecule has 0 saturated carbocycles. The predicted octanol–water partition coefficient (Wildman–Crippen LogP) is 9.30. The molecule has 0 aliphatic heterocycles. The Bertz CT molecular complexity index is 837. The van der Waals surface area contributed by atoms with E-state index in [1.807, 2.05) is 0 Å². The van der Waals surface area contributed by atoms with Crippen molar-refractivity contribution in [2.75, 3.05) is 11.9 Å². The Kier molecular flexibility index (Phi) is 17.1. The Balaban J connectivity index is 2.25. The van der Waals surface area contributed by atoms with Crippen LogP contribution in [0, 0.1) is 5.41 Å². The van der Waals surface area contributed by atoms with E-state index in [9.17, 15) is 14.4 Å². The van der Waals surface area contributed by atoms with Gasteiger partial charge in [-0.2, -0.15) is 0 Å². The number of alkyl halides is 1. The van der Waals surface area contributed by atoms with Crippen molar-refractivity contribution < 1.29 is 19.1 Å². The van der Waals surface area contributed by atoms with Crippen molar-refractivity contribution in [1.82, 2.24) is 0 Å². The fraction of sp³-hybridized carbons (Fsp3) is 0.700. The van der Waals surface area contributed by atoms with Crippen LogP contribution in [-0.4, -0.2) is 29.1 Å². The molecule has 210 valence electrons. The smallest absolute Gasteiger partial charge is 0.338 e. The van der Waals surface area contributed by atoms with Crippen LogP contribution in [0.4, 0.5) is 5.69 Å². The fourth-order valence-electron chi connectivity index (χ4n) is 3.99. The second kappa shape index (κ2) is 18.8. The number of carbonyl (C=O) groups is 3. The lowest BCUT2D eigenvalue weighted by Crippen LogP contribution is -2.37. The van der Waals surface area contributed by atoms with E-state index in [-0.39, 0.29) is 16.5 Å². The van der Waals surface area contributed by atoms with E-state index >= 15 is 0 Å². The van der Waals surface area contributed by atoms with Crippen LogP contribution in [0.25, 0.3) is 0 Å². The summed E-state index contributed by atoms with van der Waals surface area (Å²) >= 11 is 9.36. The minimum Gasteiger partial charge on any atom is -0.462 e. The number of carbonyl (C=O) groups excluding carboxylic acids is 3. The normalized spacial score (nSPS) is 12.3. The van der Waals surface area contributed by atoms with Gasteiger partial charge in [-0.3, -0.25) is 9.59 Å². The van der Waals surface area contributed by atoms with Crippen LogP contribution in [0.3, 0.4) is 0 Å². The number of esters is 1. The van der Waals surface area contributed by atoms with E-state index in [1.165, 1.54) is 82.8 Å². The summed E-state index contributed by atoms with van der Waals surface area (Å²) in [6.07, 6.45) is 17.8. The van der Waals surface area contributed by atoms with E-state index in [2.05, 4.69) is 28.2 Å². The summed E-state index contributed by atoms with van der Waals surface area (Å²) in [5.74, 6) is -1.23. The Hall–Kier alpha value is -1.40. The first kappa shape index (κ1) is 33.6. The summed E-state index contributed by atoms with van der Waals surface area (Å²) in [4.78, 5) is 36.3. The first-order chi connectivity index (χ1) is 17.6. The molecule has 1 unspecified atom stereocenters. The zero-order valence-corrected chi connectivity index (χ0v) is 25.6. The summed E-state index contributed by atoms with van der Waals surface area (Å²) < 4.78 is 5.41. The standard InChI is InChI=1S/C30H47BrClNO4/c1-5-6-7-8-9-10-11-12-13-14-15-16-17-18-21-37-29(36)23-19-20-24(32)25(22-23)33-28(35)26(31)27(34)30(2,3)4/h19-20,22,26H,5-18,21H2,1-4H3,(H,33,35). The number of unbranched alkanes of at least 4 members (excludes halogenated alkanes) is 13. The molecule has 1 atom stereocenters. The molecule has 37 heavy (non-hydrogen) atoms. The van der Waals surface area contributed by atoms with Gasteiger partial charge in [0.2, 0.25) is 5.91 Å². The molecule has 0 aromatic heterocycles. The first-order valence-corrected chi connectivity index (χ1v) is 15.3. The SMILES string of the molecule is CCCCCCCCCCCCCCCCOC(=O)c1ccc(Cl)c(NC(=O)C(Br)C(=O)C(C)(C)C)c1. The van der Waals surface area contributed by atoms with Crippen LogP contribution in [-0.2, 0) is 14.3 Å². The topological polar surface area (TPSA) is 72.5 Å². The maximum Gasteiger partial charge on any atom is 0.338 e. The number of ketones is 1. The van der Waals surface area contributed by atoms with Gasteiger partial charge in [0, 0.05) is 5.41 Å². The van der Waals surface area contributed by atoms with Gasteiger partial charge in [-0.1, -0.05) is 139 Å². The quantitative estimate of drug-likeness (QED) is 0.0743. The second-order valence-corrected chi connectivity index (χ2v) is 12.2.